The highest BCUT2D eigenvalue weighted by Gasteiger charge is 2.43. The molecule has 0 spiro atoms. The number of pyridine rings is 1. The van der Waals surface area contributed by atoms with E-state index in [9.17, 15) is 14.4 Å². The highest BCUT2D eigenvalue weighted by Crippen LogP contribution is 2.25. The predicted octanol–water partition coefficient (Wildman–Crippen LogP) is 1.71. The number of nitrogens with one attached hydrogen (secondary N) is 3. The molecule has 4 rings (SSSR count). The summed E-state index contributed by atoms with van der Waals surface area (Å²) in [6, 6.07) is 12.8. The van der Waals surface area contributed by atoms with E-state index in [0.29, 0.717) is 37.2 Å². The van der Waals surface area contributed by atoms with Gasteiger partial charge in [-0.25, -0.2) is 0 Å². The molecule has 1 aromatic carbocycles. The summed E-state index contributed by atoms with van der Waals surface area (Å²) >= 11 is 0. The van der Waals surface area contributed by atoms with Crippen molar-refractivity contribution in [1.29, 1.82) is 0 Å². The zero-order valence-electron chi connectivity index (χ0n) is 16.6. The van der Waals surface area contributed by atoms with E-state index >= 15 is 0 Å². The lowest BCUT2D eigenvalue weighted by atomic mass is 9.86. The summed E-state index contributed by atoms with van der Waals surface area (Å²) in [6.07, 6.45) is 3.89. The van der Waals surface area contributed by atoms with Crippen molar-refractivity contribution in [2.45, 2.75) is 18.4 Å². The molecule has 0 atom stereocenters. The maximum atomic E-state index is 13.0. The van der Waals surface area contributed by atoms with Crippen LogP contribution in [0.2, 0.25) is 0 Å². The van der Waals surface area contributed by atoms with Crippen molar-refractivity contribution in [2.75, 3.05) is 20.1 Å². The van der Waals surface area contributed by atoms with Gasteiger partial charge in [0.1, 0.15) is 11.2 Å². The molecule has 1 aliphatic rings. The predicted molar refractivity (Wildman–Crippen MR) is 112 cm³/mol. The van der Waals surface area contributed by atoms with E-state index in [1.54, 1.807) is 36.5 Å². The minimum atomic E-state index is -1.06. The molecular formula is C22H23N5O3. The first-order valence-corrected chi connectivity index (χ1v) is 9.84. The number of fused-ring (bicyclic) bond motifs is 1. The summed E-state index contributed by atoms with van der Waals surface area (Å²) in [4.78, 5) is 47.1. The van der Waals surface area contributed by atoms with Crippen molar-refractivity contribution in [2.24, 2.45) is 0 Å². The molecule has 0 radical (unpaired) electrons. The first kappa shape index (κ1) is 19.6. The van der Waals surface area contributed by atoms with Crippen LogP contribution in [0.3, 0.4) is 0 Å². The molecule has 3 heterocycles. The second-order valence-corrected chi connectivity index (χ2v) is 7.41. The Bertz CT molecular complexity index is 1090. The van der Waals surface area contributed by atoms with Crippen LogP contribution in [0.4, 0.5) is 0 Å². The quantitative estimate of drug-likeness (QED) is 0.614. The molecule has 0 saturated carbocycles. The molecular weight excluding hydrogens is 382 g/mol. The number of piperidine rings is 1. The average molecular weight is 405 g/mol. The molecule has 3 aromatic rings. The fraction of sp³-hybridized carbons (Fsp3) is 0.273. The number of carbonyl (C=O) groups is 3. The summed E-state index contributed by atoms with van der Waals surface area (Å²) in [5.74, 6) is -0.738. The van der Waals surface area contributed by atoms with Gasteiger partial charge >= 0.3 is 0 Å². The number of H-pyrrole nitrogens is 1. The minimum Gasteiger partial charge on any atom is -0.357 e. The van der Waals surface area contributed by atoms with Crippen molar-refractivity contribution < 1.29 is 14.4 Å². The Kier molecular flexibility index (Phi) is 5.22. The molecule has 0 unspecified atom stereocenters. The Morgan fingerprint density at radius 1 is 1.10 bits per heavy atom. The largest absolute Gasteiger partial charge is 0.357 e. The van der Waals surface area contributed by atoms with Crippen LogP contribution in [0.5, 0.6) is 0 Å². The van der Waals surface area contributed by atoms with Gasteiger partial charge in [-0.05, 0) is 37.1 Å². The first-order valence-electron chi connectivity index (χ1n) is 9.84. The molecule has 0 aliphatic carbocycles. The molecule has 1 aliphatic heterocycles. The molecule has 30 heavy (non-hydrogen) atoms. The molecule has 1 saturated heterocycles. The van der Waals surface area contributed by atoms with Crippen molar-refractivity contribution in [3.8, 4) is 0 Å². The van der Waals surface area contributed by atoms with Crippen LogP contribution in [0.1, 0.15) is 33.7 Å². The van der Waals surface area contributed by atoms with E-state index in [1.807, 2.05) is 30.3 Å². The number of likely N-dealkylation sites (N-methyl/N-ethyl adjacent to an activating group) is 1. The van der Waals surface area contributed by atoms with Gasteiger partial charge in [0.15, 0.2) is 0 Å². The number of likely N-dealkylation sites (tertiary alicyclic amines) is 1. The monoisotopic (exact) mass is 405 g/mol. The van der Waals surface area contributed by atoms with E-state index < -0.39 is 5.54 Å². The zero-order chi connectivity index (χ0) is 21.1. The Hall–Kier alpha value is -3.68. The van der Waals surface area contributed by atoms with Crippen LogP contribution in [0.25, 0.3) is 10.9 Å². The maximum absolute atomic E-state index is 13.0. The molecule has 8 heteroatoms. The van der Waals surface area contributed by atoms with Crippen LogP contribution in [-0.2, 0) is 4.79 Å². The first-order chi connectivity index (χ1) is 14.5. The summed E-state index contributed by atoms with van der Waals surface area (Å²) in [7, 11) is 1.54. The third-order valence-corrected chi connectivity index (χ3v) is 5.60. The smallest absolute Gasteiger partial charge is 0.268 e. The van der Waals surface area contributed by atoms with Crippen molar-refractivity contribution in [3.63, 3.8) is 0 Å². The van der Waals surface area contributed by atoms with E-state index in [-0.39, 0.29) is 17.7 Å². The Morgan fingerprint density at radius 3 is 2.57 bits per heavy atom. The standard InChI is InChI=1S/C22H23N5O3/c1-23-21(30)22(26-19(28)18-7-4-10-24-18)8-11-27(12-9-22)20(29)16-13-15-5-2-3-6-17(15)25-14-16/h2-7,10,13-14,24H,8-9,11-12H2,1H3,(H,23,30)(H,26,28). The number of aromatic amines is 1. The van der Waals surface area contributed by atoms with Gasteiger partial charge in [0.2, 0.25) is 5.91 Å². The lowest BCUT2D eigenvalue weighted by Crippen LogP contribution is -2.63. The molecule has 154 valence electrons. The van der Waals surface area contributed by atoms with Gasteiger partial charge in [0.25, 0.3) is 11.8 Å². The number of hydrogen-bond acceptors (Lipinski definition) is 4. The third-order valence-electron chi connectivity index (χ3n) is 5.60. The Morgan fingerprint density at radius 2 is 1.87 bits per heavy atom. The number of hydrogen-bond donors (Lipinski definition) is 3. The Labute approximate surface area is 173 Å². The summed E-state index contributed by atoms with van der Waals surface area (Å²) < 4.78 is 0. The molecule has 3 amide bonds. The highest BCUT2D eigenvalue weighted by atomic mass is 16.2. The topological polar surface area (TPSA) is 107 Å². The molecule has 0 bridgehead atoms. The SMILES string of the molecule is CNC(=O)C1(NC(=O)c2ccc[nH]2)CCN(C(=O)c2cnc3ccccc3c2)CC1. The van der Waals surface area contributed by atoms with Crippen LogP contribution in [-0.4, -0.2) is 58.3 Å². The average Bonchev–Trinajstić information content (AvgIpc) is 3.33. The van der Waals surface area contributed by atoms with Crippen LogP contribution in [0.15, 0.2) is 54.9 Å². The van der Waals surface area contributed by atoms with Gasteiger partial charge in [0, 0.05) is 37.9 Å². The van der Waals surface area contributed by atoms with Crippen molar-refractivity contribution >= 4 is 28.6 Å². The molecule has 8 nitrogen and oxygen atoms in total. The summed E-state index contributed by atoms with van der Waals surface area (Å²) in [6.45, 7) is 0.703. The van der Waals surface area contributed by atoms with E-state index in [4.69, 9.17) is 0 Å². The van der Waals surface area contributed by atoms with Gasteiger partial charge in [-0.1, -0.05) is 18.2 Å². The van der Waals surface area contributed by atoms with Gasteiger partial charge in [-0.15, -0.1) is 0 Å². The van der Waals surface area contributed by atoms with Crippen LogP contribution < -0.4 is 10.6 Å². The van der Waals surface area contributed by atoms with Crippen LogP contribution in [0, 0.1) is 0 Å². The maximum Gasteiger partial charge on any atom is 0.268 e. The van der Waals surface area contributed by atoms with Gasteiger partial charge in [-0.2, -0.15) is 0 Å². The van der Waals surface area contributed by atoms with Crippen LogP contribution >= 0.6 is 0 Å². The summed E-state index contributed by atoms with van der Waals surface area (Å²) in [5, 5.41) is 6.42. The number of nitrogens with zero attached hydrogens (tertiary/aromatic N) is 2. The number of carbonyl (C=O) groups excluding carboxylic acids is 3. The van der Waals surface area contributed by atoms with Gasteiger partial charge in [0.05, 0.1) is 11.1 Å². The zero-order valence-corrected chi connectivity index (χ0v) is 16.6. The molecule has 2 aromatic heterocycles. The molecule has 3 N–H and O–H groups in total. The number of rotatable bonds is 4. The Balaban J connectivity index is 1.49. The lowest BCUT2D eigenvalue weighted by molar-refractivity contribution is -0.128. The van der Waals surface area contributed by atoms with Crippen molar-refractivity contribution in [3.05, 3.63) is 66.1 Å². The third kappa shape index (κ3) is 3.63. The second-order valence-electron chi connectivity index (χ2n) is 7.41. The number of benzene rings is 1. The number of aromatic nitrogens is 2. The fourth-order valence-electron chi connectivity index (χ4n) is 3.87. The minimum absolute atomic E-state index is 0.130. The van der Waals surface area contributed by atoms with Crippen molar-refractivity contribution in [1.82, 2.24) is 25.5 Å². The fourth-order valence-corrected chi connectivity index (χ4v) is 3.87. The number of para-hydroxylation sites is 1. The van der Waals surface area contributed by atoms with E-state index in [0.717, 1.165) is 10.9 Å². The van der Waals surface area contributed by atoms with E-state index in [1.165, 1.54) is 0 Å². The highest BCUT2D eigenvalue weighted by molar-refractivity contribution is 5.99. The van der Waals surface area contributed by atoms with Gasteiger partial charge in [-0.3, -0.25) is 19.4 Å². The lowest BCUT2D eigenvalue weighted by Gasteiger charge is -2.40. The van der Waals surface area contributed by atoms with E-state index in [2.05, 4.69) is 20.6 Å². The van der Waals surface area contributed by atoms with Gasteiger partial charge < -0.3 is 20.5 Å². The molecule has 1 fully saturated rings. The number of amides is 3. The second kappa shape index (κ2) is 7.98. The summed E-state index contributed by atoms with van der Waals surface area (Å²) in [5.41, 5.74) is 0.670. The normalized spacial score (nSPS) is 15.6.